The normalized spacial score (nSPS) is 40.9. The van der Waals surface area contributed by atoms with Crippen LogP contribution in [0.3, 0.4) is 0 Å². The molecular formula is C17H22O5. The molecule has 0 bridgehead atoms. The SMILES string of the molecule is C=C1C(=O)O[C@@H]2C3=C(C)[C@@H](OC(C)=O)C[C@@H](O)[C@]3(C)CC[C@@H]12. The van der Waals surface area contributed by atoms with Crippen LogP contribution in [0.5, 0.6) is 0 Å². The van der Waals surface area contributed by atoms with Crippen LogP contribution in [0, 0.1) is 11.3 Å². The molecule has 5 nitrogen and oxygen atoms in total. The van der Waals surface area contributed by atoms with Gasteiger partial charge >= 0.3 is 11.9 Å². The molecule has 0 aromatic carbocycles. The van der Waals surface area contributed by atoms with Crippen LogP contribution < -0.4 is 0 Å². The van der Waals surface area contributed by atoms with Gasteiger partial charge in [-0.1, -0.05) is 13.5 Å². The predicted molar refractivity (Wildman–Crippen MR) is 78.7 cm³/mol. The van der Waals surface area contributed by atoms with Crippen LogP contribution in [0.15, 0.2) is 23.3 Å². The number of hydrogen-bond acceptors (Lipinski definition) is 5. The summed E-state index contributed by atoms with van der Waals surface area (Å²) < 4.78 is 10.9. The number of carbonyl (C=O) groups is 2. The van der Waals surface area contributed by atoms with Crippen LogP contribution in [0.4, 0.5) is 0 Å². The minimum atomic E-state index is -0.621. The van der Waals surface area contributed by atoms with Gasteiger partial charge in [-0.05, 0) is 30.9 Å². The van der Waals surface area contributed by atoms with Gasteiger partial charge < -0.3 is 14.6 Å². The first-order valence-corrected chi connectivity index (χ1v) is 7.72. The molecule has 0 aromatic heterocycles. The number of ether oxygens (including phenoxy) is 2. The Morgan fingerprint density at radius 2 is 2.18 bits per heavy atom. The Labute approximate surface area is 130 Å². The van der Waals surface area contributed by atoms with Gasteiger partial charge in [-0.3, -0.25) is 4.79 Å². The Morgan fingerprint density at radius 3 is 2.82 bits per heavy atom. The van der Waals surface area contributed by atoms with E-state index in [2.05, 4.69) is 6.58 Å². The van der Waals surface area contributed by atoms with Crippen molar-refractivity contribution in [2.45, 2.75) is 58.3 Å². The Hall–Kier alpha value is -1.62. The maximum Gasteiger partial charge on any atom is 0.334 e. The number of hydrogen-bond donors (Lipinski definition) is 1. The summed E-state index contributed by atoms with van der Waals surface area (Å²) in [5.74, 6) is -0.765. The number of esters is 2. The third-order valence-electron chi connectivity index (χ3n) is 5.57. The molecule has 5 atom stereocenters. The van der Waals surface area contributed by atoms with Crippen molar-refractivity contribution in [1.82, 2.24) is 0 Å². The van der Waals surface area contributed by atoms with E-state index in [1.54, 1.807) is 0 Å². The van der Waals surface area contributed by atoms with Gasteiger partial charge in [0.05, 0.1) is 6.10 Å². The smallest absolute Gasteiger partial charge is 0.334 e. The van der Waals surface area contributed by atoms with Gasteiger partial charge in [0.15, 0.2) is 0 Å². The largest absolute Gasteiger partial charge is 0.458 e. The van der Waals surface area contributed by atoms with Gasteiger partial charge in [0.25, 0.3) is 0 Å². The highest BCUT2D eigenvalue weighted by molar-refractivity contribution is 5.91. The van der Waals surface area contributed by atoms with E-state index < -0.39 is 17.6 Å². The van der Waals surface area contributed by atoms with Crippen molar-refractivity contribution in [2.24, 2.45) is 11.3 Å². The van der Waals surface area contributed by atoms with Crippen molar-refractivity contribution in [1.29, 1.82) is 0 Å². The van der Waals surface area contributed by atoms with Gasteiger partial charge in [-0.15, -0.1) is 0 Å². The fourth-order valence-electron chi connectivity index (χ4n) is 4.28. The standard InChI is InChI=1S/C17H22O5/c1-8-11-5-6-17(4)13(19)7-12(21-10(3)18)9(2)14(17)15(11)22-16(8)20/h11-13,15,19H,1,5-7H2,2-4H3/t11-,12-,13+,15-,17-/m0/s1. The molecule has 0 aromatic rings. The molecule has 1 saturated carbocycles. The molecule has 2 fully saturated rings. The molecule has 2 aliphatic carbocycles. The van der Waals surface area contributed by atoms with Crippen LogP contribution in [-0.2, 0) is 19.1 Å². The molecule has 22 heavy (non-hydrogen) atoms. The summed E-state index contributed by atoms with van der Waals surface area (Å²) in [7, 11) is 0. The van der Waals surface area contributed by atoms with E-state index in [4.69, 9.17) is 9.47 Å². The van der Waals surface area contributed by atoms with Gasteiger partial charge in [-0.25, -0.2) is 4.79 Å². The summed E-state index contributed by atoms with van der Waals surface area (Å²) in [6.45, 7) is 9.12. The molecule has 120 valence electrons. The van der Waals surface area contributed by atoms with Gasteiger partial charge in [0, 0.05) is 30.3 Å². The van der Waals surface area contributed by atoms with E-state index in [-0.39, 0.29) is 24.0 Å². The highest BCUT2D eigenvalue weighted by atomic mass is 16.6. The number of fused-ring (bicyclic) bond motifs is 3. The van der Waals surface area contributed by atoms with Crippen molar-refractivity contribution in [3.8, 4) is 0 Å². The molecule has 1 heterocycles. The lowest BCUT2D eigenvalue weighted by Gasteiger charge is -2.49. The summed E-state index contributed by atoms with van der Waals surface area (Å²) in [6.07, 6.45) is 0.470. The average molecular weight is 306 g/mol. The number of rotatable bonds is 1. The summed E-state index contributed by atoms with van der Waals surface area (Å²) >= 11 is 0. The zero-order chi connectivity index (χ0) is 16.2. The predicted octanol–water partition coefficient (Wildman–Crippen LogP) is 1.90. The van der Waals surface area contributed by atoms with E-state index >= 15 is 0 Å². The molecule has 0 unspecified atom stereocenters. The van der Waals surface area contributed by atoms with E-state index in [0.29, 0.717) is 12.0 Å². The van der Waals surface area contributed by atoms with Gasteiger partial charge in [0.2, 0.25) is 0 Å². The maximum absolute atomic E-state index is 11.9. The number of aliphatic hydroxyl groups is 1. The highest BCUT2D eigenvalue weighted by Gasteiger charge is 2.56. The second kappa shape index (κ2) is 4.95. The monoisotopic (exact) mass is 306 g/mol. The third kappa shape index (κ3) is 2.02. The van der Waals surface area contributed by atoms with Crippen LogP contribution in [0.25, 0.3) is 0 Å². The van der Waals surface area contributed by atoms with Crippen molar-refractivity contribution in [3.05, 3.63) is 23.3 Å². The molecule has 0 amide bonds. The Bertz CT molecular complexity index is 590. The second-order valence-corrected chi connectivity index (χ2v) is 6.86. The van der Waals surface area contributed by atoms with Crippen LogP contribution >= 0.6 is 0 Å². The summed E-state index contributed by atoms with van der Waals surface area (Å²) in [5.41, 5.74) is 1.89. The number of carbonyl (C=O) groups excluding carboxylic acids is 2. The molecular weight excluding hydrogens is 284 g/mol. The first-order chi connectivity index (χ1) is 10.3. The summed E-state index contributed by atoms with van der Waals surface area (Å²) in [6, 6.07) is 0. The molecule has 0 radical (unpaired) electrons. The Morgan fingerprint density at radius 1 is 1.50 bits per heavy atom. The molecule has 5 heteroatoms. The lowest BCUT2D eigenvalue weighted by Crippen LogP contribution is -2.50. The molecule has 3 aliphatic rings. The first kappa shape index (κ1) is 15.3. The van der Waals surface area contributed by atoms with Crippen LogP contribution in [-0.4, -0.2) is 35.4 Å². The topological polar surface area (TPSA) is 72.8 Å². The molecule has 1 aliphatic heterocycles. The summed E-state index contributed by atoms with van der Waals surface area (Å²) in [5, 5.41) is 10.6. The van der Waals surface area contributed by atoms with Crippen molar-refractivity contribution < 1.29 is 24.2 Å². The van der Waals surface area contributed by atoms with Crippen molar-refractivity contribution in [3.63, 3.8) is 0 Å². The minimum absolute atomic E-state index is 0.0335. The van der Waals surface area contributed by atoms with Crippen LogP contribution in [0.1, 0.15) is 40.0 Å². The molecule has 1 N–H and O–H groups in total. The highest BCUT2D eigenvalue weighted by Crippen LogP contribution is 2.55. The zero-order valence-corrected chi connectivity index (χ0v) is 13.2. The van der Waals surface area contributed by atoms with Crippen LogP contribution in [0.2, 0.25) is 0 Å². The van der Waals surface area contributed by atoms with E-state index in [9.17, 15) is 14.7 Å². The zero-order valence-electron chi connectivity index (χ0n) is 13.2. The lowest BCUT2D eigenvalue weighted by molar-refractivity contribution is -0.149. The minimum Gasteiger partial charge on any atom is -0.458 e. The van der Waals surface area contributed by atoms with Crippen molar-refractivity contribution in [2.75, 3.05) is 0 Å². The summed E-state index contributed by atoms with van der Waals surface area (Å²) in [4.78, 5) is 23.2. The fraction of sp³-hybridized carbons (Fsp3) is 0.647. The average Bonchev–Trinajstić information content (AvgIpc) is 2.71. The molecule has 0 spiro atoms. The van der Waals surface area contributed by atoms with Gasteiger partial charge in [0.1, 0.15) is 12.2 Å². The van der Waals surface area contributed by atoms with E-state index in [1.807, 2.05) is 13.8 Å². The third-order valence-corrected chi connectivity index (χ3v) is 5.57. The number of aliphatic hydroxyl groups excluding tert-OH is 1. The maximum atomic E-state index is 11.9. The fourth-order valence-corrected chi connectivity index (χ4v) is 4.28. The Kier molecular flexibility index (Phi) is 3.44. The molecule has 3 rings (SSSR count). The first-order valence-electron chi connectivity index (χ1n) is 7.72. The van der Waals surface area contributed by atoms with Crippen molar-refractivity contribution >= 4 is 11.9 Å². The van der Waals surface area contributed by atoms with E-state index in [0.717, 1.165) is 24.0 Å². The second-order valence-electron chi connectivity index (χ2n) is 6.86. The Balaban J connectivity index is 2.07. The quantitative estimate of drug-likeness (QED) is 0.455. The molecule has 1 saturated heterocycles. The lowest BCUT2D eigenvalue weighted by atomic mass is 9.58. The van der Waals surface area contributed by atoms with Gasteiger partial charge in [-0.2, -0.15) is 0 Å². The van der Waals surface area contributed by atoms with E-state index in [1.165, 1.54) is 6.92 Å².